The first kappa shape index (κ1) is 13.7. The van der Waals surface area contributed by atoms with Crippen LogP contribution in [-0.4, -0.2) is 15.1 Å². The van der Waals surface area contributed by atoms with Crippen molar-refractivity contribution < 1.29 is 5.11 Å². The SMILES string of the molecule is N#C/C(=C(O)/C=C/c1ccccc1)c1nc2ccccc2[nH]1. The van der Waals surface area contributed by atoms with Crippen LogP contribution >= 0.6 is 0 Å². The molecule has 0 radical (unpaired) electrons. The fraction of sp³-hybridized carbons (Fsp3) is 0. The molecule has 0 bridgehead atoms. The molecular formula is C18H13N3O. The highest BCUT2D eigenvalue weighted by Gasteiger charge is 2.11. The van der Waals surface area contributed by atoms with Gasteiger partial charge >= 0.3 is 0 Å². The summed E-state index contributed by atoms with van der Waals surface area (Å²) in [7, 11) is 0. The van der Waals surface area contributed by atoms with Crippen molar-refractivity contribution in [3.05, 3.63) is 77.8 Å². The molecule has 22 heavy (non-hydrogen) atoms. The van der Waals surface area contributed by atoms with E-state index in [1.54, 1.807) is 6.08 Å². The van der Waals surface area contributed by atoms with Crippen molar-refractivity contribution >= 4 is 22.7 Å². The number of nitrogens with one attached hydrogen (secondary N) is 1. The lowest BCUT2D eigenvalue weighted by atomic mass is 10.1. The van der Waals surface area contributed by atoms with Crippen molar-refractivity contribution in [3.63, 3.8) is 0 Å². The summed E-state index contributed by atoms with van der Waals surface area (Å²) < 4.78 is 0. The average molecular weight is 287 g/mol. The highest BCUT2D eigenvalue weighted by atomic mass is 16.3. The summed E-state index contributed by atoms with van der Waals surface area (Å²) in [5.74, 6) is 0.240. The lowest BCUT2D eigenvalue weighted by Crippen LogP contribution is -1.89. The zero-order valence-electron chi connectivity index (χ0n) is 11.7. The largest absolute Gasteiger partial charge is 0.506 e. The van der Waals surface area contributed by atoms with E-state index in [2.05, 4.69) is 9.97 Å². The van der Waals surface area contributed by atoms with Gasteiger partial charge in [-0.25, -0.2) is 4.98 Å². The van der Waals surface area contributed by atoms with Crippen molar-refractivity contribution in [1.29, 1.82) is 5.26 Å². The zero-order chi connectivity index (χ0) is 15.4. The van der Waals surface area contributed by atoms with Crippen molar-refractivity contribution in [2.75, 3.05) is 0 Å². The number of aliphatic hydroxyl groups is 1. The van der Waals surface area contributed by atoms with Crippen molar-refractivity contribution in [1.82, 2.24) is 9.97 Å². The molecule has 106 valence electrons. The normalized spacial score (nSPS) is 12.3. The fourth-order valence-corrected chi connectivity index (χ4v) is 2.13. The molecule has 1 aromatic heterocycles. The van der Waals surface area contributed by atoms with Gasteiger partial charge in [-0.15, -0.1) is 0 Å². The number of nitrogens with zero attached hydrogens (tertiary/aromatic N) is 2. The van der Waals surface area contributed by atoms with Crippen LogP contribution in [0.3, 0.4) is 0 Å². The van der Waals surface area contributed by atoms with Gasteiger partial charge in [0.05, 0.1) is 11.0 Å². The average Bonchev–Trinajstić information content (AvgIpc) is 2.98. The first-order valence-electron chi connectivity index (χ1n) is 6.79. The number of H-pyrrole nitrogens is 1. The molecule has 0 unspecified atom stereocenters. The van der Waals surface area contributed by atoms with Crippen LogP contribution in [0.25, 0.3) is 22.7 Å². The Kier molecular flexibility index (Phi) is 3.71. The number of fused-ring (bicyclic) bond motifs is 1. The van der Waals surface area contributed by atoms with Crippen LogP contribution in [0.1, 0.15) is 11.4 Å². The third-order valence-electron chi connectivity index (χ3n) is 3.23. The molecule has 0 aliphatic rings. The molecule has 0 saturated heterocycles. The van der Waals surface area contributed by atoms with Gasteiger partial charge in [0.15, 0.2) is 5.82 Å². The topological polar surface area (TPSA) is 72.7 Å². The highest BCUT2D eigenvalue weighted by molar-refractivity contribution is 5.83. The van der Waals surface area contributed by atoms with E-state index in [-0.39, 0.29) is 11.3 Å². The minimum absolute atomic E-state index is 0.114. The van der Waals surface area contributed by atoms with Crippen LogP contribution in [0.2, 0.25) is 0 Å². The minimum Gasteiger partial charge on any atom is -0.506 e. The number of hydrogen-bond acceptors (Lipinski definition) is 3. The number of rotatable bonds is 3. The molecule has 1 heterocycles. The Bertz CT molecular complexity index is 866. The van der Waals surface area contributed by atoms with E-state index in [4.69, 9.17) is 0 Å². The van der Waals surface area contributed by atoms with Gasteiger partial charge in [0.2, 0.25) is 0 Å². The Labute approximate surface area is 127 Å². The fourth-order valence-electron chi connectivity index (χ4n) is 2.13. The number of benzene rings is 2. The monoisotopic (exact) mass is 287 g/mol. The number of hydrogen-bond donors (Lipinski definition) is 2. The molecular weight excluding hydrogens is 274 g/mol. The summed E-state index contributed by atoms with van der Waals surface area (Å²) in [5, 5.41) is 19.5. The molecule has 0 aliphatic carbocycles. The van der Waals surface area contributed by atoms with Crippen molar-refractivity contribution in [2.24, 2.45) is 0 Å². The van der Waals surface area contributed by atoms with Gasteiger partial charge in [-0.2, -0.15) is 5.26 Å². The molecule has 4 nitrogen and oxygen atoms in total. The smallest absolute Gasteiger partial charge is 0.152 e. The van der Waals surface area contributed by atoms with Gasteiger partial charge in [0.1, 0.15) is 17.4 Å². The number of nitriles is 1. The van der Waals surface area contributed by atoms with Gasteiger partial charge in [0.25, 0.3) is 0 Å². The first-order valence-corrected chi connectivity index (χ1v) is 6.79. The Balaban J connectivity index is 1.98. The summed E-state index contributed by atoms with van der Waals surface area (Å²) in [4.78, 5) is 7.37. The maximum atomic E-state index is 10.2. The quantitative estimate of drug-likeness (QED) is 0.433. The van der Waals surface area contributed by atoms with Crippen LogP contribution in [0.4, 0.5) is 0 Å². The summed E-state index contributed by atoms with van der Waals surface area (Å²) in [6, 6.07) is 19.0. The van der Waals surface area contributed by atoms with Gasteiger partial charge in [-0.3, -0.25) is 0 Å². The van der Waals surface area contributed by atoms with Crippen LogP contribution in [0, 0.1) is 11.3 Å². The molecule has 0 saturated carbocycles. The Morgan fingerprint density at radius 3 is 2.55 bits per heavy atom. The van der Waals surface area contributed by atoms with Crippen molar-refractivity contribution in [2.45, 2.75) is 0 Å². The minimum atomic E-state index is -0.120. The first-order chi connectivity index (χ1) is 10.8. The second-order valence-electron chi connectivity index (χ2n) is 4.72. The summed E-state index contributed by atoms with van der Waals surface area (Å²) in [6.45, 7) is 0. The molecule has 0 atom stereocenters. The van der Waals surface area contributed by atoms with E-state index >= 15 is 0 Å². The second kappa shape index (κ2) is 5.98. The zero-order valence-corrected chi connectivity index (χ0v) is 11.7. The molecule has 3 rings (SSSR count). The molecule has 2 N–H and O–H groups in total. The van der Waals surface area contributed by atoms with Crippen molar-refractivity contribution in [3.8, 4) is 6.07 Å². The number of aromatic amines is 1. The number of allylic oxidation sites excluding steroid dienone is 2. The summed E-state index contributed by atoms with van der Waals surface area (Å²) in [5.41, 5.74) is 2.63. The van der Waals surface area contributed by atoms with Gasteiger partial charge in [-0.05, 0) is 23.8 Å². The standard InChI is InChI=1S/C18H13N3O/c19-12-14(17(22)11-10-13-6-2-1-3-7-13)18-20-15-8-4-5-9-16(15)21-18/h1-11,22H,(H,20,21)/b11-10+,17-14+. The highest BCUT2D eigenvalue weighted by Crippen LogP contribution is 2.19. The second-order valence-corrected chi connectivity index (χ2v) is 4.72. The van der Waals surface area contributed by atoms with Gasteiger partial charge < -0.3 is 10.1 Å². The van der Waals surface area contributed by atoms with E-state index in [0.717, 1.165) is 16.6 Å². The van der Waals surface area contributed by atoms with E-state index in [9.17, 15) is 10.4 Å². The molecule has 2 aromatic carbocycles. The summed E-state index contributed by atoms with van der Waals surface area (Å²) >= 11 is 0. The Morgan fingerprint density at radius 1 is 1.09 bits per heavy atom. The Morgan fingerprint density at radius 2 is 1.82 bits per heavy atom. The maximum absolute atomic E-state index is 10.2. The molecule has 0 fully saturated rings. The third-order valence-corrected chi connectivity index (χ3v) is 3.23. The van der Waals surface area contributed by atoms with E-state index in [0.29, 0.717) is 5.82 Å². The number of aromatic nitrogens is 2. The van der Waals surface area contributed by atoms with Crippen LogP contribution in [-0.2, 0) is 0 Å². The van der Waals surface area contributed by atoms with Gasteiger partial charge in [-0.1, -0.05) is 48.5 Å². The van der Waals surface area contributed by atoms with E-state index in [1.165, 1.54) is 6.08 Å². The third kappa shape index (κ3) is 2.74. The van der Waals surface area contributed by atoms with E-state index < -0.39 is 0 Å². The summed E-state index contributed by atoms with van der Waals surface area (Å²) in [6.07, 6.45) is 3.25. The lowest BCUT2D eigenvalue weighted by Gasteiger charge is -1.97. The maximum Gasteiger partial charge on any atom is 0.152 e. The van der Waals surface area contributed by atoms with E-state index in [1.807, 2.05) is 60.7 Å². The predicted octanol–water partition coefficient (Wildman–Crippen LogP) is 4.07. The number of para-hydroxylation sites is 2. The van der Waals surface area contributed by atoms with Crippen LogP contribution < -0.4 is 0 Å². The molecule has 0 amide bonds. The Hall–Kier alpha value is -3.32. The molecule has 4 heteroatoms. The molecule has 0 spiro atoms. The van der Waals surface area contributed by atoms with Crippen LogP contribution in [0.15, 0.2) is 66.4 Å². The number of imidazole rings is 1. The molecule has 3 aromatic rings. The predicted molar refractivity (Wildman–Crippen MR) is 86.7 cm³/mol. The number of aliphatic hydroxyl groups excluding tert-OH is 1. The lowest BCUT2D eigenvalue weighted by molar-refractivity contribution is 0.436. The van der Waals surface area contributed by atoms with Gasteiger partial charge in [0, 0.05) is 0 Å². The molecule has 0 aliphatic heterocycles. The van der Waals surface area contributed by atoms with Crippen LogP contribution in [0.5, 0.6) is 0 Å².